The number of hydrogen-bond acceptors (Lipinski definition) is 2. The van der Waals surface area contributed by atoms with Crippen molar-refractivity contribution < 1.29 is 4.74 Å². The topological polar surface area (TPSA) is 12.5 Å². The van der Waals surface area contributed by atoms with Gasteiger partial charge in [-0.3, -0.25) is 4.90 Å². The first-order valence-corrected chi connectivity index (χ1v) is 4.63. The predicted molar refractivity (Wildman–Crippen MR) is 44.6 cm³/mol. The van der Waals surface area contributed by atoms with Crippen molar-refractivity contribution in [3.8, 4) is 0 Å². The molecule has 3 saturated heterocycles. The van der Waals surface area contributed by atoms with E-state index >= 15 is 0 Å². The second kappa shape index (κ2) is 3.11. The van der Waals surface area contributed by atoms with Crippen molar-refractivity contribution in [2.75, 3.05) is 26.8 Å². The molecule has 0 saturated carbocycles. The van der Waals surface area contributed by atoms with Crippen LogP contribution in [0.4, 0.5) is 0 Å². The summed E-state index contributed by atoms with van der Waals surface area (Å²) in [4.78, 5) is 2.59. The molecular formula is C9H17NO. The van der Waals surface area contributed by atoms with E-state index in [0.717, 1.165) is 18.6 Å². The van der Waals surface area contributed by atoms with Crippen LogP contribution in [-0.4, -0.2) is 37.7 Å². The van der Waals surface area contributed by atoms with Gasteiger partial charge in [0.2, 0.25) is 0 Å². The molecular weight excluding hydrogens is 138 g/mol. The molecule has 0 spiro atoms. The molecule has 0 aromatic rings. The molecule has 0 radical (unpaired) electrons. The largest absolute Gasteiger partial charge is 0.383 e. The van der Waals surface area contributed by atoms with Crippen molar-refractivity contribution in [2.45, 2.75) is 25.3 Å². The van der Waals surface area contributed by atoms with Crippen LogP contribution in [0.5, 0.6) is 0 Å². The minimum atomic E-state index is 0.743. The van der Waals surface area contributed by atoms with Gasteiger partial charge in [-0.1, -0.05) is 0 Å². The highest BCUT2D eigenvalue weighted by atomic mass is 16.5. The zero-order valence-corrected chi connectivity index (χ0v) is 7.25. The van der Waals surface area contributed by atoms with Crippen LogP contribution in [0.3, 0.4) is 0 Å². The minimum absolute atomic E-state index is 0.743. The summed E-state index contributed by atoms with van der Waals surface area (Å²) < 4.78 is 5.19. The number of methoxy groups -OCH3 is 1. The summed E-state index contributed by atoms with van der Waals surface area (Å²) in [6.45, 7) is 3.58. The highest BCUT2D eigenvalue weighted by Gasteiger charge is 2.32. The maximum atomic E-state index is 5.19. The second-order valence-corrected chi connectivity index (χ2v) is 3.82. The number of hydrogen-bond donors (Lipinski definition) is 0. The Morgan fingerprint density at radius 3 is 2.55 bits per heavy atom. The van der Waals surface area contributed by atoms with Gasteiger partial charge >= 0.3 is 0 Å². The Kier molecular flexibility index (Phi) is 2.14. The first kappa shape index (κ1) is 7.56. The summed E-state index contributed by atoms with van der Waals surface area (Å²) in [6, 6.07) is 0.743. The Bertz CT molecular complexity index is 130. The zero-order valence-electron chi connectivity index (χ0n) is 7.25. The van der Waals surface area contributed by atoms with Gasteiger partial charge in [-0.05, 0) is 38.3 Å². The Balaban J connectivity index is 1.92. The third kappa shape index (κ3) is 1.42. The molecule has 3 aliphatic rings. The van der Waals surface area contributed by atoms with E-state index in [2.05, 4.69) is 4.90 Å². The van der Waals surface area contributed by atoms with Crippen molar-refractivity contribution in [1.29, 1.82) is 0 Å². The van der Waals surface area contributed by atoms with Gasteiger partial charge in [-0.2, -0.15) is 0 Å². The Labute approximate surface area is 68.5 Å². The van der Waals surface area contributed by atoms with Crippen LogP contribution < -0.4 is 0 Å². The van der Waals surface area contributed by atoms with Crippen LogP contribution in [0.1, 0.15) is 19.3 Å². The average Bonchev–Trinajstić information content (AvgIpc) is 2.07. The predicted octanol–water partition coefficient (Wildman–Crippen LogP) is 1.12. The van der Waals surface area contributed by atoms with Crippen molar-refractivity contribution >= 4 is 0 Å². The van der Waals surface area contributed by atoms with Gasteiger partial charge in [-0.15, -0.1) is 0 Å². The van der Waals surface area contributed by atoms with E-state index in [1.54, 1.807) is 0 Å². The first-order valence-electron chi connectivity index (χ1n) is 4.63. The molecule has 2 bridgehead atoms. The zero-order chi connectivity index (χ0) is 7.68. The van der Waals surface area contributed by atoms with E-state index < -0.39 is 0 Å². The molecule has 3 heterocycles. The van der Waals surface area contributed by atoms with Crippen LogP contribution in [0.2, 0.25) is 0 Å². The van der Waals surface area contributed by atoms with Gasteiger partial charge in [0.25, 0.3) is 0 Å². The van der Waals surface area contributed by atoms with E-state index in [1.807, 2.05) is 7.11 Å². The molecule has 0 amide bonds. The Hall–Kier alpha value is -0.0800. The van der Waals surface area contributed by atoms with Gasteiger partial charge in [0.05, 0.1) is 6.61 Å². The normalized spacial score (nSPS) is 42.8. The number of piperidine rings is 3. The van der Waals surface area contributed by atoms with Crippen molar-refractivity contribution in [1.82, 2.24) is 4.90 Å². The molecule has 1 atom stereocenters. The quantitative estimate of drug-likeness (QED) is 0.592. The molecule has 0 aliphatic carbocycles. The van der Waals surface area contributed by atoms with Gasteiger partial charge < -0.3 is 4.74 Å². The molecule has 0 aromatic heterocycles. The van der Waals surface area contributed by atoms with Gasteiger partial charge in [0, 0.05) is 13.2 Å². The maximum Gasteiger partial charge on any atom is 0.0618 e. The summed E-state index contributed by atoms with van der Waals surface area (Å²) in [7, 11) is 1.81. The van der Waals surface area contributed by atoms with Crippen LogP contribution in [0.15, 0.2) is 0 Å². The average molecular weight is 155 g/mol. The highest BCUT2D eigenvalue weighted by molar-refractivity contribution is 4.87. The molecule has 2 nitrogen and oxygen atoms in total. The van der Waals surface area contributed by atoms with E-state index in [-0.39, 0.29) is 0 Å². The van der Waals surface area contributed by atoms with Crippen LogP contribution in [-0.2, 0) is 4.74 Å². The smallest absolute Gasteiger partial charge is 0.0618 e. The fraction of sp³-hybridized carbons (Fsp3) is 1.00. The van der Waals surface area contributed by atoms with Crippen LogP contribution in [0.25, 0.3) is 0 Å². The van der Waals surface area contributed by atoms with Gasteiger partial charge in [0.1, 0.15) is 0 Å². The molecule has 3 rings (SSSR count). The lowest BCUT2D eigenvalue weighted by atomic mass is 9.84. The van der Waals surface area contributed by atoms with E-state index in [0.29, 0.717) is 0 Å². The summed E-state index contributed by atoms with van der Waals surface area (Å²) in [5, 5.41) is 0. The lowest BCUT2D eigenvalue weighted by molar-refractivity contribution is 0.00518. The number of nitrogens with zero attached hydrogens (tertiary/aromatic N) is 1. The summed E-state index contributed by atoms with van der Waals surface area (Å²) >= 11 is 0. The van der Waals surface area contributed by atoms with E-state index in [4.69, 9.17) is 4.74 Å². The van der Waals surface area contributed by atoms with E-state index in [1.165, 1.54) is 32.4 Å². The third-order valence-corrected chi connectivity index (χ3v) is 3.13. The summed E-state index contributed by atoms with van der Waals surface area (Å²) in [5.74, 6) is 1.01. The molecule has 64 valence electrons. The molecule has 0 N–H and O–H groups in total. The first-order chi connectivity index (χ1) is 5.40. The lowest BCUT2D eigenvalue weighted by Gasteiger charge is -2.45. The molecule has 11 heavy (non-hydrogen) atoms. The molecule has 0 aromatic carbocycles. The van der Waals surface area contributed by atoms with E-state index in [9.17, 15) is 0 Å². The van der Waals surface area contributed by atoms with Crippen molar-refractivity contribution in [3.05, 3.63) is 0 Å². The summed E-state index contributed by atoms with van der Waals surface area (Å²) in [5.41, 5.74) is 0. The van der Waals surface area contributed by atoms with Gasteiger partial charge in [-0.25, -0.2) is 0 Å². The Morgan fingerprint density at radius 2 is 2.09 bits per heavy atom. The van der Waals surface area contributed by atoms with Crippen molar-refractivity contribution in [3.63, 3.8) is 0 Å². The Morgan fingerprint density at radius 1 is 1.36 bits per heavy atom. The van der Waals surface area contributed by atoms with Crippen LogP contribution in [0, 0.1) is 5.92 Å². The van der Waals surface area contributed by atoms with Crippen molar-refractivity contribution in [2.24, 2.45) is 5.92 Å². The van der Waals surface area contributed by atoms with Crippen LogP contribution >= 0.6 is 0 Å². The molecule has 2 heteroatoms. The number of rotatable bonds is 2. The fourth-order valence-electron chi connectivity index (χ4n) is 2.45. The maximum absolute atomic E-state index is 5.19. The van der Waals surface area contributed by atoms with Gasteiger partial charge in [0.15, 0.2) is 0 Å². The second-order valence-electron chi connectivity index (χ2n) is 3.82. The fourth-order valence-corrected chi connectivity index (χ4v) is 2.45. The monoisotopic (exact) mass is 155 g/mol. The lowest BCUT2D eigenvalue weighted by Crippen LogP contribution is -2.50. The molecule has 3 aliphatic heterocycles. The third-order valence-electron chi connectivity index (χ3n) is 3.13. The standard InChI is InChI=1S/C9H17NO/c1-11-7-9-6-8-2-4-10(9)5-3-8/h8-9H,2-7H2,1H3. The highest BCUT2D eigenvalue weighted by Crippen LogP contribution is 2.31. The number of ether oxygens (including phenoxy) is 1. The summed E-state index contributed by atoms with van der Waals surface area (Å²) in [6.07, 6.45) is 4.24. The SMILES string of the molecule is COCC1CC2CCN1CC2. The molecule has 3 fully saturated rings. The molecule has 1 unspecified atom stereocenters. The minimum Gasteiger partial charge on any atom is -0.383 e. The number of fused-ring (bicyclic) bond motifs is 3.